The van der Waals surface area contributed by atoms with Gasteiger partial charge in [-0.1, -0.05) is 17.7 Å². The smallest absolute Gasteiger partial charge is 0.330 e. The second-order valence-corrected chi connectivity index (χ2v) is 8.64. The van der Waals surface area contributed by atoms with Crippen molar-refractivity contribution in [2.45, 2.75) is 49.9 Å². The molecule has 0 bridgehead atoms. The number of carbonyl (C=O) groups is 1. The number of rotatable bonds is 7. The molecule has 144 valence electrons. The van der Waals surface area contributed by atoms with Crippen molar-refractivity contribution in [2.75, 3.05) is 19.5 Å². The Morgan fingerprint density at radius 2 is 2.00 bits per heavy atom. The molecule has 0 radical (unpaired) electrons. The molecule has 1 aliphatic heterocycles. The maximum absolute atomic E-state index is 12.8. The second kappa shape index (κ2) is 8.79. The van der Waals surface area contributed by atoms with Gasteiger partial charge in [-0.25, -0.2) is 13.2 Å². The first-order valence-electron chi connectivity index (χ1n) is 8.60. The van der Waals surface area contributed by atoms with Gasteiger partial charge in [-0.3, -0.25) is 0 Å². The monoisotopic (exact) mass is 382 g/mol. The quantitative estimate of drug-likeness (QED) is 0.533. The van der Waals surface area contributed by atoms with Crippen LogP contribution in [0.2, 0.25) is 0 Å². The van der Waals surface area contributed by atoms with E-state index < -0.39 is 27.7 Å². The van der Waals surface area contributed by atoms with Gasteiger partial charge in [-0.05, 0) is 51.3 Å². The van der Waals surface area contributed by atoms with Crippen LogP contribution < -0.4 is 0 Å². The van der Waals surface area contributed by atoms with Crippen molar-refractivity contribution >= 4 is 15.8 Å². The van der Waals surface area contributed by atoms with Gasteiger partial charge in [0, 0.05) is 12.7 Å². The number of methoxy groups -OCH3 is 1. The van der Waals surface area contributed by atoms with Crippen LogP contribution in [-0.2, 0) is 28.8 Å². The molecule has 0 amide bonds. The van der Waals surface area contributed by atoms with E-state index in [1.165, 1.54) is 19.3 Å². The lowest BCUT2D eigenvalue weighted by Crippen LogP contribution is -2.40. The molecule has 0 spiro atoms. The number of ether oxygens (including phenoxy) is 3. The fourth-order valence-corrected chi connectivity index (χ4v) is 4.38. The molecule has 1 aromatic carbocycles. The molecule has 1 saturated heterocycles. The number of sulfone groups is 1. The van der Waals surface area contributed by atoms with Crippen LogP contribution in [0.3, 0.4) is 0 Å². The second-order valence-electron chi connectivity index (χ2n) is 6.66. The molecule has 6 nitrogen and oxygen atoms in total. The van der Waals surface area contributed by atoms with E-state index in [-0.39, 0.29) is 10.6 Å². The number of carbonyl (C=O) groups excluding carboxylic acids is 1. The summed E-state index contributed by atoms with van der Waals surface area (Å²) >= 11 is 0. The molecule has 1 unspecified atom stereocenters. The van der Waals surface area contributed by atoms with Crippen molar-refractivity contribution in [3.05, 3.63) is 42.0 Å². The first-order valence-corrected chi connectivity index (χ1v) is 10.3. The third-order valence-electron chi connectivity index (χ3n) is 4.17. The highest BCUT2D eigenvalue weighted by Gasteiger charge is 2.34. The summed E-state index contributed by atoms with van der Waals surface area (Å²) in [7, 11) is -2.36. The normalized spacial score (nSPS) is 20.7. The summed E-state index contributed by atoms with van der Waals surface area (Å²) in [5.74, 6) is -0.881. The fourth-order valence-electron chi connectivity index (χ4n) is 2.74. The number of esters is 1. The largest absolute Gasteiger partial charge is 0.466 e. The fraction of sp³-hybridized carbons (Fsp3) is 0.526. The maximum Gasteiger partial charge on any atom is 0.330 e. The van der Waals surface area contributed by atoms with E-state index in [4.69, 9.17) is 9.47 Å². The Balaban J connectivity index is 2.25. The molecule has 1 fully saturated rings. The average Bonchev–Trinajstić information content (AvgIpc) is 2.60. The Morgan fingerprint density at radius 3 is 2.58 bits per heavy atom. The van der Waals surface area contributed by atoms with Gasteiger partial charge in [0.25, 0.3) is 0 Å². The standard InChI is InChI=1S/C19H26O6S/c1-15-7-9-16(10-8-15)26(21,22)14-19(2,12-11-17(20)23-3)25-18-6-4-5-13-24-18/h7-12,18H,4-6,13-14H2,1-3H3/b12-11+/t18?,19-/m0/s1. The van der Waals surface area contributed by atoms with E-state index in [2.05, 4.69) is 4.74 Å². The van der Waals surface area contributed by atoms with Crippen molar-refractivity contribution in [2.24, 2.45) is 0 Å². The van der Waals surface area contributed by atoms with Crippen molar-refractivity contribution in [1.82, 2.24) is 0 Å². The van der Waals surface area contributed by atoms with Gasteiger partial charge in [0.05, 0.1) is 17.8 Å². The minimum absolute atomic E-state index is 0.217. The van der Waals surface area contributed by atoms with Crippen molar-refractivity contribution in [1.29, 1.82) is 0 Å². The number of benzene rings is 1. The van der Waals surface area contributed by atoms with Gasteiger partial charge in [0.2, 0.25) is 0 Å². The van der Waals surface area contributed by atoms with E-state index in [0.717, 1.165) is 18.4 Å². The lowest BCUT2D eigenvalue weighted by atomic mass is 10.1. The number of aryl methyl sites for hydroxylation is 1. The molecule has 1 aliphatic rings. The van der Waals surface area contributed by atoms with Crippen molar-refractivity contribution in [3.8, 4) is 0 Å². The summed E-state index contributed by atoms with van der Waals surface area (Å²) < 4.78 is 41.8. The molecular weight excluding hydrogens is 356 g/mol. The maximum atomic E-state index is 12.8. The summed E-state index contributed by atoms with van der Waals surface area (Å²) in [6.07, 6.45) is 4.72. The zero-order valence-electron chi connectivity index (χ0n) is 15.4. The molecule has 26 heavy (non-hydrogen) atoms. The Morgan fingerprint density at radius 1 is 1.31 bits per heavy atom. The molecule has 7 heteroatoms. The van der Waals surface area contributed by atoms with Crippen LogP contribution in [-0.4, -0.2) is 45.7 Å². The number of hydrogen-bond donors (Lipinski definition) is 0. The van der Waals surface area contributed by atoms with E-state index >= 15 is 0 Å². The highest BCUT2D eigenvalue weighted by atomic mass is 32.2. The summed E-state index contributed by atoms with van der Waals surface area (Å²) in [6, 6.07) is 6.65. The molecule has 2 atom stereocenters. The van der Waals surface area contributed by atoms with Gasteiger partial charge >= 0.3 is 5.97 Å². The van der Waals surface area contributed by atoms with Crippen LogP contribution in [0, 0.1) is 6.92 Å². The molecule has 0 aromatic heterocycles. The zero-order chi connectivity index (χ0) is 19.2. The third-order valence-corrected chi connectivity index (χ3v) is 6.11. The lowest BCUT2D eigenvalue weighted by molar-refractivity contribution is -0.200. The van der Waals surface area contributed by atoms with Gasteiger partial charge in [-0.15, -0.1) is 0 Å². The van der Waals surface area contributed by atoms with Crippen molar-refractivity contribution in [3.63, 3.8) is 0 Å². The molecule has 1 heterocycles. The molecule has 0 aliphatic carbocycles. The van der Waals surface area contributed by atoms with Crippen LogP contribution >= 0.6 is 0 Å². The van der Waals surface area contributed by atoms with Crippen LogP contribution in [0.1, 0.15) is 31.7 Å². The Bertz CT molecular complexity index is 732. The summed E-state index contributed by atoms with van der Waals surface area (Å²) in [5, 5.41) is 0. The molecule has 2 rings (SSSR count). The SMILES string of the molecule is COC(=O)/C=C/[C@@](C)(CS(=O)(=O)c1ccc(C)cc1)OC1CCCCO1. The average molecular weight is 382 g/mol. The third kappa shape index (κ3) is 5.93. The van der Waals surface area contributed by atoms with Gasteiger partial charge in [-0.2, -0.15) is 0 Å². The first-order chi connectivity index (χ1) is 12.2. The van der Waals surface area contributed by atoms with Crippen LogP contribution in [0.15, 0.2) is 41.3 Å². The minimum atomic E-state index is -3.62. The topological polar surface area (TPSA) is 78.9 Å². The van der Waals surface area contributed by atoms with Gasteiger partial charge in [0.15, 0.2) is 16.1 Å². The minimum Gasteiger partial charge on any atom is -0.466 e. The summed E-state index contributed by atoms with van der Waals surface area (Å²) in [4.78, 5) is 11.7. The Kier molecular flexibility index (Phi) is 6.97. The van der Waals surface area contributed by atoms with E-state index in [1.807, 2.05) is 6.92 Å². The molecule has 0 N–H and O–H groups in total. The molecular formula is C19H26O6S. The van der Waals surface area contributed by atoms with Crippen LogP contribution in [0.25, 0.3) is 0 Å². The van der Waals surface area contributed by atoms with Gasteiger partial charge < -0.3 is 14.2 Å². The Labute approximate surface area is 155 Å². The predicted octanol–water partition coefficient (Wildman–Crippen LogP) is 2.80. The summed E-state index contributed by atoms with van der Waals surface area (Å²) in [6.45, 7) is 4.10. The van der Waals surface area contributed by atoms with E-state index in [1.54, 1.807) is 31.2 Å². The highest BCUT2D eigenvalue weighted by Crippen LogP contribution is 2.26. The predicted molar refractivity (Wildman–Crippen MR) is 97.5 cm³/mol. The molecule has 0 saturated carbocycles. The van der Waals surface area contributed by atoms with Gasteiger partial charge in [0.1, 0.15) is 5.60 Å². The van der Waals surface area contributed by atoms with Crippen LogP contribution in [0.4, 0.5) is 0 Å². The first kappa shape index (κ1) is 20.6. The Hall–Kier alpha value is -1.70. The zero-order valence-corrected chi connectivity index (χ0v) is 16.3. The van der Waals surface area contributed by atoms with Crippen LogP contribution in [0.5, 0.6) is 0 Å². The van der Waals surface area contributed by atoms with E-state index in [0.29, 0.717) is 13.0 Å². The highest BCUT2D eigenvalue weighted by molar-refractivity contribution is 7.91. The van der Waals surface area contributed by atoms with Crippen molar-refractivity contribution < 1.29 is 27.4 Å². The number of hydrogen-bond acceptors (Lipinski definition) is 6. The van der Waals surface area contributed by atoms with E-state index in [9.17, 15) is 13.2 Å². The summed E-state index contributed by atoms with van der Waals surface area (Å²) in [5.41, 5.74) is -0.246. The lowest BCUT2D eigenvalue weighted by Gasteiger charge is -2.33. The molecule has 1 aromatic rings.